The third-order valence-corrected chi connectivity index (χ3v) is 4.30. The van der Waals surface area contributed by atoms with Crippen LogP contribution in [0.5, 0.6) is 0 Å². The fourth-order valence-corrected chi connectivity index (χ4v) is 3.21. The summed E-state index contributed by atoms with van der Waals surface area (Å²) in [5.74, 6) is 0.710. The maximum atomic E-state index is 12.3. The summed E-state index contributed by atoms with van der Waals surface area (Å²) in [5, 5.41) is 2.45. The van der Waals surface area contributed by atoms with Gasteiger partial charge in [-0.2, -0.15) is 0 Å². The number of rotatable bonds is 2. The van der Waals surface area contributed by atoms with Gasteiger partial charge in [0.05, 0.1) is 11.7 Å². The third kappa shape index (κ3) is 2.82. The van der Waals surface area contributed by atoms with E-state index in [2.05, 4.69) is 4.99 Å². The number of amides is 1. The van der Waals surface area contributed by atoms with Gasteiger partial charge in [-0.05, 0) is 12.8 Å². The van der Waals surface area contributed by atoms with Gasteiger partial charge in [-0.25, -0.2) is 5.06 Å². The van der Waals surface area contributed by atoms with Gasteiger partial charge >= 0.3 is 0 Å². The number of hydrogen-bond acceptors (Lipinski definition) is 4. The molecule has 0 saturated carbocycles. The molecule has 2 heterocycles. The Morgan fingerprint density at radius 2 is 2.16 bits per heavy atom. The first kappa shape index (κ1) is 12.7. The maximum Gasteiger partial charge on any atom is 0.271 e. The van der Waals surface area contributed by atoms with Crippen LogP contribution in [-0.2, 0) is 9.63 Å². The van der Waals surface area contributed by atoms with Gasteiger partial charge in [-0.1, -0.05) is 30.3 Å². The van der Waals surface area contributed by atoms with Crippen LogP contribution in [0.4, 0.5) is 0 Å². The second-order valence-electron chi connectivity index (χ2n) is 4.61. The van der Waals surface area contributed by atoms with Crippen molar-refractivity contribution in [2.24, 2.45) is 4.99 Å². The van der Waals surface area contributed by atoms with Gasteiger partial charge in [0.1, 0.15) is 6.04 Å². The zero-order valence-corrected chi connectivity index (χ0v) is 11.4. The summed E-state index contributed by atoms with van der Waals surface area (Å²) in [6, 6.07) is 9.71. The molecular formula is C14H16N2O2S. The van der Waals surface area contributed by atoms with Crippen LogP contribution in [0, 0.1) is 0 Å². The van der Waals surface area contributed by atoms with E-state index in [4.69, 9.17) is 4.84 Å². The van der Waals surface area contributed by atoms with Gasteiger partial charge in [-0.15, -0.1) is 11.8 Å². The van der Waals surface area contributed by atoms with E-state index in [-0.39, 0.29) is 11.9 Å². The first-order valence-electron chi connectivity index (χ1n) is 6.55. The van der Waals surface area contributed by atoms with Crippen molar-refractivity contribution in [1.82, 2.24) is 5.06 Å². The fourth-order valence-electron chi connectivity index (χ4n) is 2.18. The molecule has 1 saturated heterocycles. The summed E-state index contributed by atoms with van der Waals surface area (Å²) in [6.07, 6.45) is 2.04. The monoisotopic (exact) mass is 276 g/mol. The van der Waals surface area contributed by atoms with Crippen LogP contribution in [0.1, 0.15) is 18.4 Å². The third-order valence-electron chi connectivity index (χ3n) is 3.21. The van der Waals surface area contributed by atoms with Crippen molar-refractivity contribution in [2.45, 2.75) is 18.9 Å². The van der Waals surface area contributed by atoms with Crippen LogP contribution in [0.2, 0.25) is 0 Å². The minimum absolute atomic E-state index is 0.00173. The molecule has 0 spiro atoms. The first-order valence-corrected chi connectivity index (χ1v) is 7.53. The number of nitrogens with zero attached hydrogens (tertiary/aromatic N) is 2. The molecule has 5 heteroatoms. The Balaban J connectivity index is 1.70. The van der Waals surface area contributed by atoms with Crippen LogP contribution in [0.3, 0.4) is 0 Å². The van der Waals surface area contributed by atoms with Crippen molar-refractivity contribution < 1.29 is 9.63 Å². The molecular weight excluding hydrogens is 260 g/mol. The van der Waals surface area contributed by atoms with E-state index in [0.29, 0.717) is 18.9 Å². The highest BCUT2D eigenvalue weighted by Gasteiger charge is 2.30. The van der Waals surface area contributed by atoms with Crippen LogP contribution < -0.4 is 0 Å². The molecule has 2 aliphatic rings. The minimum Gasteiger partial charge on any atom is -0.271 e. The van der Waals surface area contributed by atoms with E-state index in [1.807, 2.05) is 30.3 Å². The molecule has 1 atom stereocenters. The Morgan fingerprint density at radius 1 is 1.32 bits per heavy atom. The van der Waals surface area contributed by atoms with Gasteiger partial charge in [0, 0.05) is 17.9 Å². The van der Waals surface area contributed by atoms with Gasteiger partial charge < -0.3 is 0 Å². The van der Waals surface area contributed by atoms with E-state index in [0.717, 1.165) is 23.4 Å². The number of carbonyl (C=O) groups excluding carboxylic acids is 1. The molecule has 2 aliphatic heterocycles. The highest BCUT2D eigenvalue weighted by Crippen LogP contribution is 2.25. The zero-order valence-electron chi connectivity index (χ0n) is 10.6. The van der Waals surface area contributed by atoms with Crippen molar-refractivity contribution in [3.63, 3.8) is 0 Å². The molecule has 4 nitrogen and oxygen atoms in total. The predicted molar refractivity (Wildman–Crippen MR) is 76.1 cm³/mol. The Morgan fingerprint density at radius 3 is 2.89 bits per heavy atom. The molecule has 1 fully saturated rings. The normalized spacial score (nSPS) is 23.3. The van der Waals surface area contributed by atoms with Crippen molar-refractivity contribution in [1.29, 1.82) is 0 Å². The standard InChI is InChI=1S/C14H16N2O2S/c17-14(16-8-4-5-9-18-16)12-10-19-13(15-12)11-6-2-1-3-7-11/h1-3,6-7,12H,4-5,8-10H2. The van der Waals surface area contributed by atoms with Crippen LogP contribution in [-0.4, -0.2) is 41.0 Å². The van der Waals surface area contributed by atoms with Crippen molar-refractivity contribution in [2.75, 3.05) is 18.9 Å². The number of thioether (sulfide) groups is 1. The SMILES string of the molecule is O=C(C1CSC(c2ccccc2)=N1)N1CCCCO1. The summed E-state index contributed by atoms with van der Waals surface area (Å²) < 4.78 is 0. The predicted octanol–water partition coefficient (Wildman–Crippen LogP) is 2.10. The number of hydroxylamine groups is 2. The minimum atomic E-state index is -0.293. The van der Waals surface area contributed by atoms with Gasteiger partial charge in [0.2, 0.25) is 0 Å². The van der Waals surface area contributed by atoms with Crippen LogP contribution >= 0.6 is 11.8 Å². The molecule has 1 aromatic carbocycles. The maximum absolute atomic E-state index is 12.3. The van der Waals surface area contributed by atoms with E-state index >= 15 is 0 Å². The highest BCUT2D eigenvalue weighted by molar-refractivity contribution is 8.14. The summed E-state index contributed by atoms with van der Waals surface area (Å²) >= 11 is 1.64. The summed E-state index contributed by atoms with van der Waals surface area (Å²) in [4.78, 5) is 22.2. The second kappa shape index (κ2) is 5.75. The van der Waals surface area contributed by atoms with Gasteiger partial charge in [-0.3, -0.25) is 14.6 Å². The average Bonchev–Trinajstić information content (AvgIpc) is 2.98. The lowest BCUT2D eigenvalue weighted by Crippen LogP contribution is -2.41. The lowest BCUT2D eigenvalue weighted by molar-refractivity contribution is -0.197. The van der Waals surface area contributed by atoms with Crippen molar-refractivity contribution in [3.05, 3.63) is 35.9 Å². The molecule has 0 radical (unpaired) electrons. The topological polar surface area (TPSA) is 41.9 Å². The van der Waals surface area contributed by atoms with E-state index < -0.39 is 0 Å². The lowest BCUT2D eigenvalue weighted by Gasteiger charge is -2.27. The Hall–Kier alpha value is -1.33. The van der Waals surface area contributed by atoms with Crippen molar-refractivity contribution in [3.8, 4) is 0 Å². The number of hydrogen-bond donors (Lipinski definition) is 0. The summed E-state index contributed by atoms with van der Waals surface area (Å²) in [7, 11) is 0. The van der Waals surface area contributed by atoms with E-state index in [1.54, 1.807) is 11.8 Å². The zero-order chi connectivity index (χ0) is 13.1. The smallest absolute Gasteiger partial charge is 0.271 e. The molecule has 19 heavy (non-hydrogen) atoms. The number of benzene rings is 1. The van der Waals surface area contributed by atoms with E-state index in [9.17, 15) is 4.79 Å². The lowest BCUT2D eigenvalue weighted by atomic mass is 10.2. The highest BCUT2D eigenvalue weighted by atomic mass is 32.2. The summed E-state index contributed by atoms with van der Waals surface area (Å²) in [5.41, 5.74) is 1.09. The van der Waals surface area contributed by atoms with Gasteiger partial charge in [0.15, 0.2) is 0 Å². The van der Waals surface area contributed by atoms with Crippen LogP contribution in [0.15, 0.2) is 35.3 Å². The Kier molecular flexibility index (Phi) is 3.84. The molecule has 0 aliphatic carbocycles. The molecule has 0 aromatic heterocycles. The van der Waals surface area contributed by atoms with Gasteiger partial charge in [0.25, 0.3) is 5.91 Å². The average molecular weight is 276 g/mol. The Labute approximate surface area is 116 Å². The molecule has 3 rings (SSSR count). The quantitative estimate of drug-likeness (QED) is 0.830. The Bertz CT molecular complexity index is 483. The number of carbonyl (C=O) groups is 1. The summed E-state index contributed by atoms with van der Waals surface area (Å²) in [6.45, 7) is 1.33. The van der Waals surface area contributed by atoms with E-state index in [1.165, 1.54) is 5.06 Å². The fraction of sp³-hybridized carbons (Fsp3) is 0.429. The molecule has 1 amide bonds. The second-order valence-corrected chi connectivity index (χ2v) is 5.62. The molecule has 1 unspecified atom stereocenters. The largest absolute Gasteiger partial charge is 0.271 e. The molecule has 1 aromatic rings. The molecule has 0 bridgehead atoms. The molecule has 100 valence electrons. The van der Waals surface area contributed by atoms with Crippen molar-refractivity contribution >= 4 is 22.7 Å². The first-order chi connectivity index (χ1) is 9.34. The van der Waals surface area contributed by atoms with Crippen LogP contribution in [0.25, 0.3) is 0 Å². The molecule has 0 N–H and O–H groups in total. The number of aliphatic imine (C=N–C) groups is 1.